The third-order valence-electron chi connectivity index (χ3n) is 6.44. The molecule has 0 rings (SSSR count). The van der Waals surface area contributed by atoms with Gasteiger partial charge in [-0.1, -0.05) is 61.5 Å². The van der Waals surface area contributed by atoms with Crippen molar-refractivity contribution in [1.29, 1.82) is 0 Å². The largest absolute Gasteiger partial charge is 0.444 e. The molecule has 0 aliphatic heterocycles. The lowest BCUT2D eigenvalue weighted by Gasteiger charge is -2.43. The summed E-state index contributed by atoms with van der Waals surface area (Å²) in [6.45, 7) is 28.1. The van der Waals surface area contributed by atoms with Gasteiger partial charge in [0, 0.05) is 6.61 Å². The zero-order valence-corrected chi connectivity index (χ0v) is 23.9. The van der Waals surface area contributed by atoms with Crippen LogP contribution in [0.15, 0.2) is 12.7 Å². The molecule has 190 valence electrons. The van der Waals surface area contributed by atoms with Crippen LogP contribution in [0.4, 0.5) is 4.79 Å². The minimum Gasteiger partial charge on any atom is -0.444 e. The van der Waals surface area contributed by atoms with Gasteiger partial charge in [-0.3, -0.25) is 0 Å². The molecule has 2 N–H and O–H groups in total. The molecular formula is C26H53NO4Si. The first-order valence-corrected chi connectivity index (χ1v) is 14.5. The van der Waals surface area contributed by atoms with Crippen molar-refractivity contribution in [2.45, 2.75) is 136 Å². The summed E-state index contributed by atoms with van der Waals surface area (Å²) in [4.78, 5) is 12.4. The van der Waals surface area contributed by atoms with E-state index < -0.39 is 26.1 Å². The lowest BCUT2D eigenvalue weighted by molar-refractivity contribution is 0.0352. The van der Waals surface area contributed by atoms with Crippen LogP contribution in [0.5, 0.6) is 0 Å². The van der Waals surface area contributed by atoms with Gasteiger partial charge in [-0.25, -0.2) is 4.79 Å². The van der Waals surface area contributed by atoms with E-state index in [1.165, 1.54) is 0 Å². The molecule has 6 heteroatoms. The Hall–Kier alpha value is -0.853. The van der Waals surface area contributed by atoms with Gasteiger partial charge in [0.05, 0.1) is 12.1 Å². The van der Waals surface area contributed by atoms with Crippen molar-refractivity contribution in [3.63, 3.8) is 0 Å². The number of carbonyl (C=O) groups excluding carboxylic acids is 1. The van der Waals surface area contributed by atoms with Crippen LogP contribution in [0, 0.1) is 5.41 Å². The quantitative estimate of drug-likeness (QED) is 0.207. The lowest BCUT2D eigenvalue weighted by atomic mass is 9.81. The maximum atomic E-state index is 12.4. The molecule has 0 heterocycles. The van der Waals surface area contributed by atoms with Gasteiger partial charge in [-0.2, -0.15) is 0 Å². The molecule has 0 spiro atoms. The normalized spacial score (nSPS) is 15.2. The van der Waals surface area contributed by atoms with Crippen molar-refractivity contribution < 1.29 is 19.1 Å². The molecule has 1 amide bonds. The number of aliphatic hydroxyl groups is 1. The molecule has 5 nitrogen and oxygen atoms in total. The van der Waals surface area contributed by atoms with Crippen LogP contribution in [0.3, 0.4) is 0 Å². The molecule has 0 aliphatic carbocycles. The second-order valence-corrected chi connectivity index (χ2v) is 17.4. The Kier molecular flexibility index (Phi) is 12.8. The van der Waals surface area contributed by atoms with E-state index in [0.717, 1.165) is 6.42 Å². The van der Waals surface area contributed by atoms with Crippen molar-refractivity contribution >= 4 is 14.4 Å². The molecule has 0 saturated carbocycles. The Bertz CT molecular complexity index is 545. The van der Waals surface area contributed by atoms with E-state index in [9.17, 15) is 9.90 Å². The molecule has 0 aliphatic rings. The summed E-state index contributed by atoms with van der Waals surface area (Å²) in [5.41, 5.74) is 0.955. The first-order chi connectivity index (χ1) is 14.5. The van der Waals surface area contributed by atoms with Gasteiger partial charge in [0.25, 0.3) is 0 Å². The van der Waals surface area contributed by atoms with E-state index in [0.29, 0.717) is 42.5 Å². The van der Waals surface area contributed by atoms with E-state index in [2.05, 4.69) is 67.3 Å². The number of hydrogen-bond donors (Lipinski definition) is 2. The fourth-order valence-corrected chi connectivity index (χ4v) is 10.4. The molecule has 0 bridgehead atoms. The number of allylic oxidation sites excluding steroid dienone is 1. The molecule has 2 atom stereocenters. The monoisotopic (exact) mass is 471 g/mol. The van der Waals surface area contributed by atoms with Gasteiger partial charge in [0.15, 0.2) is 8.32 Å². The van der Waals surface area contributed by atoms with Crippen molar-refractivity contribution in [2.75, 3.05) is 6.61 Å². The average molecular weight is 472 g/mol. The summed E-state index contributed by atoms with van der Waals surface area (Å²) in [5.74, 6) is 0. The summed E-state index contributed by atoms with van der Waals surface area (Å²) in [5, 5.41) is 13.7. The van der Waals surface area contributed by atoms with E-state index in [-0.39, 0.29) is 11.5 Å². The Morgan fingerprint density at radius 2 is 1.53 bits per heavy atom. The zero-order valence-electron chi connectivity index (χ0n) is 22.9. The highest BCUT2D eigenvalue weighted by Crippen LogP contribution is 2.43. The maximum absolute atomic E-state index is 12.4. The second-order valence-electron chi connectivity index (χ2n) is 12.0. The molecular weight excluding hydrogens is 418 g/mol. The Morgan fingerprint density at radius 1 is 1.03 bits per heavy atom. The van der Waals surface area contributed by atoms with E-state index in [1.54, 1.807) is 6.08 Å². The van der Waals surface area contributed by atoms with Gasteiger partial charge < -0.3 is 19.6 Å². The van der Waals surface area contributed by atoms with Gasteiger partial charge >= 0.3 is 6.09 Å². The highest BCUT2D eigenvalue weighted by atomic mass is 28.4. The van der Waals surface area contributed by atoms with E-state index in [1.807, 2.05) is 20.8 Å². The first kappa shape index (κ1) is 31.1. The maximum Gasteiger partial charge on any atom is 0.407 e. The molecule has 0 aromatic heterocycles. The third-order valence-corrected chi connectivity index (χ3v) is 12.6. The summed E-state index contributed by atoms with van der Waals surface area (Å²) in [7, 11) is -1.91. The Labute approximate surface area is 199 Å². The molecule has 0 aromatic carbocycles. The molecule has 0 saturated heterocycles. The fraction of sp³-hybridized carbons (Fsp3) is 0.885. The highest BCUT2D eigenvalue weighted by molar-refractivity contribution is 6.77. The minimum absolute atomic E-state index is 0.111. The van der Waals surface area contributed by atoms with Crippen LogP contribution < -0.4 is 5.32 Å². The van der Waals surface area contributed by atoms with Gasteiger partial charge in [-0.05, 0) is 68.5 Å². The number of alkyl carbamates (subject to hydrolysis) is 1. The number of nitrogens with one attached hydrogen (secondary N) is 1. The van der Waals surface area contributed by atoms with Crippen LogP contribution >= 0.6 is 0 Å². The van der Waals surface area contributed by atoms with Crippen molar-refractivity contribution in [3.05, 3.63) is 12.7 Å². The Morgan fingerprint density at radius 3 is 1.94 bits per heavy atom. The number of hydrogen-bond acceptors (Lipinski definition) is 4. The predicted molar refractivity (Wildman–Crippen MR) is 139 cm³/mol. The van der Waals surface area contributed by atoms with E-state index >= 15 is 0 Å². The smallest absolute Gasteiger partial charge is 0.407 e. The third kappa shape index (κ3) is 10.4. The van der Waals surface area contributed by atoms with Crippen molar-refractivity contribution in [3.8, 4) is 0 Å². The first-order valence-electron chi connectivity index (χ1n) is 12.4. The summed E-state index contributed by atoms with van der Waals surface area (Å²) in [6, 6.07) is -0.387. The summed E-state index contributed by atoms with van der Waals surface area (Å²) in [6.07, 6.45) is 3.42. The number of ether oxygens (including phenoxy) is 1. The van der Waals surface area contributed by atoms with Crippen LogP contribution in [0.25, 0.3) is 0 Å². The molecule has 0 aromatic rings. The fourth-order valence-electron chi connectivity index (χ4n) is 4.93. The predicted octanol–water partition coefficient (Wildman–Crippen LogP) is 7.21. The topological polar surface area (TPSA) is 67.8 Å². The van der Waals surface area contributed by atoms with Crippen molar-refractivity contribution in [1.82, 2.24) is 5.32 Å². The number of rotatable bonds is 14. The minimum atomic E-state index is -1.91. The number of amides is 1. The average Bonchev–Trinajstić information content (AvgIpc) is 2.59. The van der Waals surface area contributed by atoms with Crippen LogP contribution in [-0.4, -0.2) is 43.9 Å². The van der Waals surface area contributed by atoms with Crippen molar-refractivity contribution in [2.24, 2.45) is 5.41 Å². The van der Waals surface area contributed by atoms with Crippen LogP contribution in [-0.2, 0) is 9.16 Å². The lowest BCUT2D eigenvalue weighted by Crippen LogP contribution is -2.49. The number of aliphatic hydroxyl groups excluding tert-OH is 1. The second kappa shape index (κ2) is 13.1. The van der Waals surface area contributed by atoms with Crippen LogP contribution in [0.1, 0.15) is 102 Å². The van der Waals surface area contributed by atoms with Gasteiger partial charge in [0.1, 0.15) is 5.60 Å². The summed E-state index contributed by atoms with van der Waals surface area (Å²) < 4.78 is 12.2. The Balaban J connectivity index is 5.30. The van der Waals surface area contributed by atoms with E-state index in [4.69, 9.17) is 9.16 Å². The van der Waals surface area contributed by atoms with Crippen LogP contribution in [0.2, 0.25) is 16.6 Å². The standard InChI is InChI=1S/C26H53NO4Si/c1-13-14-15-23(28)22(27-24(29)31-25(8,9)10)18-26(11,12)16-17-30-32(19(2)3,20(4)5)21(6)7/h13,19-23,28H,1,14-18H2,2-12H3,(H,27,29). The molecule has 0 fully saturated rings. The zero-order chi connectivity index (χ0) is 25.3. The highest BCUT2D eigenvalue weighted by Gasteiger charge is 2.45. The summed E-state index contributed by atoms with van der Waals surface area (Å²) >= 11 is 0. The SMILES string of the molecule is C=CCCC(O)C(CC(C)(C)CCO[Si](C(C)C)(C(C)C)C(C)C)NC(=O)OC(C)(C)C. The van der Waals surface area contributed by atoms with Gasteiger partial charge in [0.2, 0.25) is 0 Å². The number of carbonyl (C=O) groups is 1. The molecule has 2 unspecified atom stereocenters. The molecule has 0 radical (unpaired) electrons. The van der Waals surface area contributed by atoms with Gasteiger partial charge in [-0.15, -0.1) is 6.58 Å². The molecule has 32 heavy (non-hydrogen) atoms.